The minimum atomic E-state index is -0.322. The van der Waals surface area contributed by atoms with Crippen molar-refractivity contribution >= 4 is 17.4 Å². The van der Waals surface area contributed by atoms with Crippen molar-refractivity contribution in [3.63, 3.8) is 0 Å². The van der Waals surface area contributed by atoms with E-state index < -0.39 is 0 Å². The molecular formula is C16H14N8O. The van der Waals surface area contributed by atoms with Crippen LogP contribution in [-0.4, -0.2) is 35.6 Å². The van der Waals surface area contributed by atoms with E-state index in [0.29, 0.717) is 11.5 Å². The van der Waals surface area contributed by atoms with E-state index in [2.05, 4.69) is 31.0 Å². The van der Waals surface area contributed by atoms with Gasteiger partial charge in [-0.05, 0) is 36.4 Å². The molecular weight excluding hydrogens is 320 g/mol. The van der Waals surface area contributed by atoms with Crippen LogP contribution in [0.1, 0.15) is 5.82 Å². The van der Waals surface area contributed by atoms with Crippen LogP contribution >= 0.6 is 0 Å². The third-order valence-electron chi connectivity index (χ3n) is 3.57. The highest BCUT2D eigenvalue weighted by atomic mass is 16.2. The number of fused-ring (bicyclic) bond motifs is 1. The summed E-state index contributed by atoms with van der Waals surface area (Å²) < 4.78 is 1.83. The summed E-state index contributed by atoms with van der Waals surface area (Å²) in [4.78, 5) is 13.5. The molecule has 0 aliphatic rings. The molecule has 9 heteroatoms. The average molecular weight is 334 g/mol. The molecule has 0 unspecified atom stereocenters. The number of aromatic nitrogens is 6. The molecule has 4 aromatic rings. The largest absolute Gasteiger partial charge is 0.331 e. The van der Waals surface area contributed by atoms with Gasteiger partial charge in [0.25, 0.3) is 0 Å². The highest BCUT2D eigenvalue weighted by Gasteiger charge is 2.07. The van der Waals surface area contributed by atoms with Gasteiger partial charge in [-0.2, -0.15) is 15.0 Å². The molecule has 0 bridgehead atoms. The van der Waals surface area contributed by atoms with Gasteiger partial charge < -0.3 is 10.6 Å². The van der Waals surface area contributed by atoms with E-state index in [1.807, 2.05) is 40.9 Å². The van der Waals surface area contributed by atoms with Crippen LogP contribution in [0.15, 0.2) is 61.1 Å². The summed E-state index contributed by atoms with van der Waals surface area (Å²) >= 11 is 0. The highest BCUT2D eigenvalue weighted by Crippen LogP contribution is 2.11. The topological polar surface area (TPSA) is 102 Å². The SMILES string of the molecule is O=C(NCc1nnc2ccccn12)Nc1ccc(-n2nccn2)cc1. The van der Waals surface area contributed by atoms with Crippen LogP contribution in [0.3, 0.4) is 0 Å². The lowest BCUT2D eigenvalue weighted by Crippen LogP contribution is -2.29. The van der Waals surface area contributed by atoms with E-state index in [9.17, 15) is 4.79 Å². The highest BCUT2D eigenvalue weighted by molar-refractivity contribution is 5.89. The zero-order valence-electron chi connectivity index (χ0n) is 13.1. The van der Waals surface area contributed by atoms with E-state index in [4.69, 9.17) is 0 Å². The van der Waals surface area contributed by atoms with Crippen molar-refractivity contribution in [3.05, 3.63) is 66.9 Å². The quantitative estimate of drug-likeness (QED) is 0.590. The lowest BCUT2D eigenvalue weighted by atomic mass is 10.3. The Labute approximate surface area is 142 Å². The molecule has 0 spiro atoms. The second-order valence-corrected chi connectivity index (χ2v) is 5.22. The Kier molecular flexibility index (Phi) is 3.79. The van der Waals surface area contributed by atoms with Gasteiger partial charge in [0.15, 0.2) is 11.5 Å². The Morgan fingerprint density at radius 3 is 2.60 bits per heavy atom. The first-order chi connectivity index (χ1) is 12.3. The number of urea groups is 1. The van der Waals surface area contributed by atoms with Gasteiger partial charge in [-0.25, -0.2) is 4.79 Å². The minimum absolute atomic E-state index is 0.270. The smallest absolute Gasteiger partial charge is 0.319 e. The fraction of sp³-hybridized carbons (Fsp3) is 0.0625. The molecule has 4 rings (SSSR count). The molecule has 0 radical (unpaired) electrons. The van der Waals surface area contributed by atoms with Gasteiger partial charge in [0.2, 0.25) is 0 Å². The number of carbonyl (C=O) groups is 1. The Morgan fingerprint density at radius 1 is 1.00 bits per heavy atom. The van der Waals surface area contributed by atoms with Crippen LogP contribution in [0.25, 0.3) is 11.3 Å². The Balaban J connectivity index is 1.37. The molecule has 0 aliphatic heterocycles. The zero-order valence-corrected chi connectivity index (χ0v) is 13.1. The van der Waals surface area contributed by atoms with Gasteiger partial charge in [-0.3, -0.25) is 4.40 Å². The summed E-state index contributed by atoms with van der Waals surface area (Å²) in [7, 11) is 0. The molecule has 2 N–H and O–H groups in total. The van der Waals surface area contributed by atoms with Crippen LogP contribution in [0, 0.1) is 0 Å². The maximum atomic E-state index is 12.0. The number of amides is 2. The van der Waals surface area contributed by atoms with Gasteiger partial charge >= 0.3 is 6.03 Å². The number of pyridine rings is 1. The van der Waals surface area contributed by atoms with Crippen molar-refractivity contribution in [2.75, 3.05) is 5.32 Å². The second-order valence-electron chi connectivity index (χ2n) is 5.22. The van der Waals surface area contributed by atoms with E-state index in [1.165, 1.54) is 4.80 Å². The molecule has 0 fully saturated rings. The predicted molar refractivity (Wildman–Crippen MR) is 90.2 cm³/mol. The molecule has 9 nitrogen and oxygen atoms in total. The number of hydrogen-bond acceptors (Lipinski definition) is 5. The van der Waals surface area contributed by atoms with Gasteiger partial charge in [-0.15, -0.1) is 10.2 Å². The second kappa shape index (κ2) is 6.40. The Hall–Kier alpha value is -3.75. The van der Waals surface area contributed by atoms with Crippen molar-refractivity contribution < 1.29 is 4.79 Å². The maximum Gasteiger partial charge on any atom is 0.319 e. The molecule has 124 valence electrons. The number of nitrogens with zero attached hydrogens (tertiary/aromatic N) is 6. The van der Waals surface area contributed by atoms with Crippen molar-refractivity contribution in [2.24, 2.45) is 0 Å². The van der Waals surface area contributed by atoms with E-state index in [1.54, 1.807) is 24.5 Å². The van der Waals surface area contributed by atoms with Crippen LogP contribution in [0.2, 0.25) is 0 Å². The van der Waals surface area contributed by atoms with E-state index in [0.717, 1.165) is 11.3 Å². The monoisotopic (exact) mass is 334 g/mol. The number of nitrogens with one attached hydrogen (secondary N) is 2. The molecule has 2 amide bonds. The molecule has 1 aromatic carbocycles. The molecule has 3 heterocycles. The summed E-state index contributed by atoms with van der Waals surface area (Å²) in [6, 6.07) is 12.5. The number of hydrogen-bond donors (Lipinski definition) is 2. The van der Waals surface area contributed by atoms with E-state index in [-0.39, 0.29) is 12.6 Å². The van der Waals surface area contributed by atoms with Gasteiger partial charge in [0.05, 0.1) is 24.6 Å². The van der Waals surface area contributed by atoms with Crippen LogP contribution in [0.5, 0.6) is 0 Å². The summed E-state index contributed by atoms with van der Waals surface area (Å²) in [5.74, 6) is 0.658. The summed E-state index contributed by atoms with van der Waals surface area (Å²) in [6.07, 6.45) is 5.06. The fourth-order valence-corrected chi connectivity index (χ4v) is 2.37. The fourth-order valence-electron chi connectivity index (χ4n) is 2.37. The summed E-state index contributed by atoms with van der Waals surface area (Å²) in [6.45, 7) is 0.270. The van der Waals surface area contributed by atoms with E-state index >= 15 is 0 Å². The molecule has 3 aromatic heterocycles. The number of anilines is 1. The minimum Gasteiger partial charge on any atom is -0.331 e. The Bertz CT molecular complexity index is 991. The number of rotatable bonds is 4. The molecule has 0 saturated heterocycles. The van der Waals surface area contributed by atoms with Crippen LogP contribution in [0.4, 0.5) is 10.5 Å². The van der Waals surface area contributed by atoms with Gasteiger partial charge in [-0.1, -0.05) is 6.07 Å². The van der Waals surface area contributed by atoms with Crippen molar-refractivity contribution in [3.8, 4) is 5.69 Å². The summed E-state index contributed by atoms with van der Waals surface area (Å²) in [5, 5.41) is 21.7. The third-order valence-corrected chi connectivity index (χ3v) is 3.57. The van der Waals surface area contributed by atoms with Crippen LogP contribution in [-0.2, 0) is 6.54 Å². The first-order valence-electron chi connectivity index (χ1n) is 7.60. The molecule has 0 atom stereocenters. The average Bonchev–Trinajstić information content (AvgIpc) is 3.31. The molecule has 0 saturated carbocycles. The van der Waals surface area contributed by atoms with Crippen molar-refractivity contribution in [1.82, 2.24) is 34.9 Å². The maximum absolute atomic E-state index is 12.0. The predicted octanol–water partition coefficient (Wildman–Crippen LogP) is 1.63. The Morgan fingerprint density at radius 2 is 1.80 bits per heavy atom. The molecule has 0 aliphatic carbocycles. The van der Waals surface area contributed by atoms with Crippen molar-refractivity contribution in [1.29, 1.82) is 0 Å². The zero-order chi connectivity index (χ0) is 17.1. The number of carbonyl (C=O) groups excluding carboxylic acids is 1. The standard InChI is InChI=1S/C16H14N8O/c25-16(17-11-15-22-21-14-3-1-2-10-23(14)15)20-12-4-6-13(7-5-12)24-18-8-9-19-24/h1-10H,11H2,(H2,17,20,25). The van der Waals surface area contributed by atoms with Gasteiger partial charge in [0.1, 0.15) is 0 Å². The first-order valence-corrected chi connectivity index (χ1v) is 7.60. The van der Waals surface area contributed by atoms with Crippen LogP contribution < -0.4 is 10.6 Å². The third kappa shape index (κ3) is 3.15. The van der Waals surface area contributed by atoms with Crippen molar-refractivity contribution in [2.45, 2.75) is 6.54 Å². The lowest BCUT2D eigenvalue weighted by Gasteiger charge is -2.07. The molecule has 25 heavy (non-hydrogen) atoms. The normalized spacial score (nSPS) is 10.7. The number of benzene rings is 1. The lowest BCUT2D eigenvalue weighted by molar-refractivity contribution is 0.251. The first kappa shape index (κ1) is 14.8. The summed E-state index contributed by atoms with van der Waals surface area (Å²) in [5.41, 5.74) is 2.22. The van der Waals surface area contributed by atoms with Gasteiger partial charge in [0, 0.05) is 11.9 Å².